The lowest BCUT2D eigenvalue weighted by atomic mass is 9.98. The van der Waals surface area contributed by atoms with Crippen molar-refractivity contribution in [1.82, 2.24) is 4.98 Å². The highest BCUT2D eigenvalue weighted by Crippen LogP contribution is 2.43. The fourth-order valence-corrected chi connectivity index (χ4v) is 2.66. The Morgan fingerprint density at radius 2 is 2.18 bits per heavy atom. The first-order valence-electron chi connectivity index (χ1n) is 6.57. The van der Waals surface area contributed by atoms with Crippen LogP contribution in [0.4, 0.5) is 5.82 Å². The number of aromatic nitrogens is 1. The van der Waals surface area contributed by atoms with E-state index in [1.807, 2.05) is 26.1 Å². The maximum absolute atomic E-state index is 5.87. The van der Waals surface area contributed by atoms with Crippen LogP contribution >= 0.6 is 0 Å². The van der Waals surface area contributed by atoms with Crippen molar-refractivity contribution >= 4 is 5.82 Å². The van der Waals surface area contributed by atoms with Crippen molar-refractivity contribution in [3.63, 3.8) is 0 Å². The number of fused-ring (bicyclic) bond motifs is 3. The molecule has 0 aromatic carbocycles. The molecule has 94 valence electrons. The van der Waals surface area contributed by atoms with Gasteiger partial charge in [0.05, 0.1) is 5.54 Å². The molecule has 1 atom stereocenters. The predicted molar refractivity (Wildman–Crippen MR) is 70.8 cm³/mol. The molecule has 3 heteroatoms. The Morgan fingerprint density at radius 3 is 2.94 bits per heavy atom. The number of pyridine rings is 1. The highest BCUT2D eigenvalue weighted by molar-refractivity contribution is 5.60. The highest BCUT2D eigenvalue weighted by Gasteiger charge is 2.42. The summed E-state index contributed by atoms with van der Waals surface area (Å²) < 4.78 is 5.87. The van der Waals surface area contributed by atoms with Gasteiger partial charge in [-0.3, -0.25) is 0 Å². The van der Waals surface area contributed by atoms with Gasteiger partial charge in [-0.25, -0.2) is 4.98 Å². The van der Waals surface area contributed by atoms with Gasteiger partial charge in [0.15, 0.2) is 11.6 Å². The second-order valence-electron chi connectivity index (χ2n) is 4.82. The number of hydrogen-bond donors (Lipinski definition) is 0. The van der Waals surface area contributed by atoms with Gasteiger partial charge in [-0.2, -0.15) is 0 Å². The molecule has 17 heavy (non-hydrogen) atoms. The minimum atomic E-state index is 0.174. The van der Waals surface area contributed by atoms with E-state index in [1.165, 1.54) is 18.4 Å². The number of aryl methyl sites for hydroxylation is 1. The van der Waals surface area contributed by atoms with Gasteiger partial charge >= 0.3 is 0 Å². The summed E-state index contributed by atoms with van der Waals surface area (Å²) in [5.41, 5.74) is 1.36. The van der Waals surface area contributed by atoms with Gasteiger partial charge in [-0.1, -0.05) is 13.8 Å². The Hall–Kier alpha value is -1.25. The molecule has 0 amide bonds. The molecule has 0 aliphatic carbocycles. The highest BCUT2D eigenvalue weighted by atomic mass is 16.5. The summed E-state index contributed by atoms with van der Waals surface area (Å²) >= 11 is 0. The van der Waals surface area contributed by atoms with Crippen molar-refractivity contribution in [2.24, 2.45) is 0 Å². The summed E-state index contributed by atoms with van der Waals surface area (Å²) in [5.74, 6) is 2.03. The van der Waals surface area contributed by atoms with Gasteiger partial charge in [0.25, 0.3) is 0 Å². The third-order valence-corrected chi connectivity index (χ3v) is 3.61. The van der Waals surface area contributed by atoms with Gasteiger partial charge < -0.3 is 9.64 Å². The second kappa shape index (κ2) is 4.55. The number of rotatable bonds is 0. The first-order valence-corrected chi connectivity index (χ1v) is 6.57. The zero-order valence-corrected chi connectivity index (χ0v) is 11.3. The van der Waals surface area contributed by atoms with E-state index in [9.17, 15) is 0 Å². The SMILES string of the molecule is CC.Cc1ccnc2c1OCC1(C)CCCN21. The van der Waals surface area contributed by atoms with Gasteiger partial charge in [-0.05, 0) is 38.3 Å². The molecule has 1 unspecified atom stereocenters. The van der Waals surface area contributed by atoms with E-state index in [2.05, 4.69) is 23.7 Å². The van der Waals surface area contributed by atoms with E-state index in [0.29, 0.717) is 0 Å². The van der Waals surface area contributed by atoms with E-state index in [-0.39, 0.29) is 5.54 Å². The van der Waals surface area contributed by atoms with Crippen LogP contribution in [0.1, 0.15) is 39.2 Å². The van der Waals surface area contributed by atoms with Crippen LogP contribution in [0.15, 0.2) is 12.3 Å². The Balaban J connectivity index is 0.000000514. The monoisotopic (exact) mass is 234 g/mol. The smallest absolute Gasteiger partial charge is 0.172 e. The van der Waals surface area contributed by atoms with Crippen LogP contribution in [0.25, 0.3) is 0 Å². The minimum Gasteiger partial charge on any atom is -0.487 e. The first kappa shape index (κ1) is 12.2. The summed E-state index contributed by atoms with van der Waals surface area (Å²) in [6.45, 7) is 10.3. The summed E-state index contributed by atoms with van der Waals surface area (Å²) in [5, 5.41) is 0. The molecule has 1 saturated heterocycles. The first-order chi connectivity index (χ1) is 8.21. The van der Waals surface area contributed by atoms with Crippen molar-refractivity contribution in [2.75, 3.05) is 18.1 Å². The van der Waals surface area contributed by atoms with E-state index in [1.54, 1.807) is 0 Å². The molecule has 3 rings (SSSR count). The summed E-state index contributed by atoms with van der Waals surface area (Å²) in [6, 6.07) is 2.01. The van der Waals surface area contributed by atoms with E-state index < -0.39 is 0 Å². The second-order valence-corrected chi connectivity index (χ2v) is 4.82. The number of nitrogens with zero attached hydrogens (tertiary/aromatic N) is 2. The zero-order valence-electron chi connectivity index (χ0n) is 11.3. The molecule has 1 aromatic rings. The molecule has 0 N–H and O–H groups in total. The summed E-state index contributed by atoms with van der Waals surface area (Å²) in [7, 11) is 0. The van der Waals surface area contributed by atoms with Crippen molar-refractivity contribution < 1.29 is 4.74 Å². The number of hydrogen-bond acceptors (Lipinski definition) is 3. The van der Waals surface area contributed by atoms with Gasteiger partial charge in [0.1, 0.15) is 6.61 Å². The topological polar surface area (TPSA) is 25.4 Å². The normalized spacial score (nSPS) is 25.3. The van der Waals surface area contributed by atoms with Crippen LogP contribution < -0.4 is 9.64 Å². The van der Waals surface area contributed by atoms with Crippen LogP contribution in [0, 0.1) is 6.92 Å². The molecule has 0 bridgehead atoms. The van der Waals surface area contributed by atoms with Gasteiger partial charge in [0.2, 0.25) is 0 Å². The molecule has 0 spiro atoms. The molecule has 2 aliphatic heterocycles. The lowest BCUT2D eigenvalue weighted by molar-refractivity contribution is 0.209. The molecule has 1 fully saturated rings. The average Bonchev–Trinajstić information content (AvgIpc) is 2.74. The van der Waals surface area contributed by atoms with Crippen molar-refractivity contribution in [1.29, 1.82) is 0 Å². The molecule has 1 aromatic heterocycles. The van der Waals surface area contributed by atoms with E-state index in [0.717, 1.165) is 24.7 Å². The third-order valence-electron chi connectivity index (χ3n) is 3.61. The number of ether oxygens (including phenoxy) is 1. The van der Waals surface area contributed by atoms with Crippen molar-refractivity contribution in [3.05, 3.63) is 17.8 Å². The lowest BCUT2D eigenvalue weighted by Gasteiger charge is -2.41. The zero-order chi connectivity index (χ0) is 12.5. The van der Waals surface area contributed by atoms with Crippen LogP contribution in [0.3, 0.4) is 0 Å². The Labute approximate surface area is 104 Å². The molecule has 0 saturated carbocycles. The summed E-state index contributed by atoms with van der Waals surface area (Å²) in [4.78, 5) is 6.88. The minimum absolute atomic E-state index is 0.174. The fourth-order valence-electron chi connectivity index (χ4n) is 2.66. The van der Waals surface area contributed by atoms with E-state index in [4.69, 9.17) is 4.74 Å². The standard InChI is InChI=1S/C12H16N2O.C2H6/c1-9-4-6-13-11-10(9)15-8-12(2)5-3-7-14(11)12;1-2/h4,6H,3,5,7-8H2,1-2H3;1-2H3. The van der Waals surface area contributed by atoms with Crippen LogP contribution in [0.5, 0.6) is 5.75 Å². The predicted octanol–water partition coefficient (Wildman–Crippen LogP) is 3.17. The Bertz CT molecular complexity index is 405. The molecular formula is C14H22N2O. The Kier molecular flexibility index (Phi) is 3.27. The van der Waals surface area contributed by atoms with Crippen molar-refractivity contribution in [3.8, 4) is 5.75 Å². The van der Waals surface area contributed by atoms with Crippen LogP contribution in [-0.2, 0) is 0 Å². The van der Waals surface area contributed by atoms with E-state index >= 15 is 0 Å². The summed E-state index contributed by atoms with van der Waals surface area (Å²) in [6.07, 6.45) is 4.33. The molecule has 3 heterocycles. The maximum Gasteiger partial charge on any atom is 0.172 e. The largest absolute Gasteiger partial charge is 0.487 e. The van der Waals surface area contributed by atoms with Gasteiger partial charge in [-0.15, -0.1) is 0 Å². The van der Waals surface area contributed by atoms with Gasteiger partial charge in [0, 0.05) is 12.7 Å². The van der Waals surface area contributed by atoms with Crippen molar-refractivity contribution in [2.45, 2.75) is 46.1 Å². The maximum atomic E-state index is 5.87. The number of anilines is 1. The molecule has 2 aliphatic rings. The fraction of sp³-hybridized carbons (Fsp3) is 0.643. The van der Waals surface area contributed by atoms with Crippen LogP contribution in [0.2, 0.25) is 0 Å². The van der Waals surface area contributed by atoms with Crippen LogP contribution in [-0.4, -0.2) is 23.7 Å². The molecular weight excluding hydrogens is 212 g/mol. The lowest BCUT2D eigenvalue weighted by Crippen LogP contribution is -2.49. The Morgan fingerprint density at radius 1 is 1.41 bits per heavy atom. The third kappa shape index (κ3) is 1.88. The quantitative estimate of drug-likeness (QED) is 0.689. The molecule has 3 nitrogen and oxygen atoms in total. The average molecular weight is 234 g/mol. The molecule has 0 radical (unpaired) electrons.